The van der Waals surface area contributed by atoms with Crippen molar-refractivity contribution in [1.82, 2.24) is 0 Å². The van der Waals surface area contributed by atoms with Crippen LogP contribution in [0.1, 0.15) is 6.92 Å². The fraction of sp³-hybridized carbons (Fsp3) is 0.429. The summed E-state index contributed by atoms with van der Waals surface area (Å²) in [6.45, 7) is 1.54. The van der Waals surface area contributed by atoms with Gasteiger partial charge in [0.15, 0.2) is 5.88 Å². The van der Waals surface area contributed by atoms with Gasteiger partial charge in [-0.2, -0.15) is 0 Å². The van der Waals surface area contributed by atoms with Crippen molar-refractivity contribution >= 4 is 11.6 Å². The van der Waals surface area contributed by atoms with Crippen molar-refractivity contribution in [2.24, 2.45) is 11.5 Å². The minimum atomic E-state index is -0.762. The van der Waals surface area contributed by atoms with Gasteiger partial charge in [-0.3, -0.25) is 0 Å². The van der Waals surface area contributed by atoms with E-state index in [0.29, 0.717) is 5.57 Å². The Morgan fingerprint density at radius 3 is 2.33 bits per heavy atom. The largest absolute Gasteiger partial charge is 0.482 e. The van der Waals surface area contributed by atoms with Crippen LogP contribution >= 0.6 is 11.6 Å². The van der Waals surface area contributed by atoms with Crippen LogP contribution in [-0.4, -0.2) is 18.3 Å². The number of rotatable bonds is 3. The second-order valence-electron chi connectivity index (χ2n) is 2.23. The second-order valence-corrected chi connectivity index (χ2v) is 2.67. The Morgan fingerprint density at radius 1 is 1.58 bits per heavy atom. The summed E-state index contributed by atoms with van der Waals surface area (Å²) >= 11 is 5.40. The maximum Gasteiger partial charge on any atom is 0.189 e. The SMILES string of the molecule is CO/C(N)=C(/C=C(\N)Cl)[C@H](C)O. The number of ether oxygens (including phenoxy) is 1. The maximum atomic E-state index is 9.19. The molecule has 0 amide bonds. The summed E-state index contributed by atoms with van der Waals surface area (Å²) in [5.41, 5.74) is 11.0. The summed E-state index contributed by atoms with van der Waals surface area (Å²) in [4.78, 5) is 0. The molecule has 5 heteroatoms. The molecule has 0 aliphatic heterocycles. The standard InChI is InChI=1S/C7H13ClN2O2/c1-4(11)5(3-6(8)9)7(10)12-2/h3-4,11H,9-10H2,1-2H3/b6-3-,7-5-/t4-/m0/s1. The Hall–Kier alpha value is -0.870. The molecule has 5 N–H and O–H groups in total. The molecule has 0 aromatic carbocycles. The molecule has 0 spiro atoms. The highest BCUT2D eigenvalue weighted by molar-refractivity contribution is 6.29. The van der Waals surface area contributed by atoms with Crippen molar-refractivity contribution in [2.45, 2.75) is 13.0 Å². The van der Waals surface area contributed by atoms with Crippen LogP contribution in [0.2, 0.25) is 0 Å². The third kappa shape index (κ3) is 3.50. The summed E-state index contributed by atoms with van der Waals surface area (Å²) in [5, 5.41) is 9.23. The van der Waals surface area contributed by atoms with Gasteiger partial charge in [0, 0.05) is 5.57 Å². The molecule has 0 aliphatic rings. The molecular weight excluding hydrogens is 180 g/mol. The number of halogens is 1. The van der Waals surface area contributed by atoms with Gasteiger partial charge >= 0.3 is 0 Å². The summed E-state index contributed by atoms with van der Waals surface area (Å²) in [6.07, 6.45) is 0.590. The van der Waals surface area contributed by atoms with E-state index >= 15 is 0 Å². The molecule has 70 valence electrons. The number of hydrogen-bond donors (Lipinski definition) is 3. The third-order valence-corrected chi connectivity index (χ3v) is 1.36. The first-order chi connectivity index (χ1) is 5.49. The second kappa shape index (κ2) is 4.90. The predicted molar refractivity (Wildman–Crippen MR) is 48.0 cm³/mol. The van der Waals surface area contributed by atoms with E-state index in [2.05, 4.69) is 0 Å². The highest BCUT2D eigenvalue weighted by atomic mass is 35.5. The first kappa shape index (κ1) is 11.1. The topological polar surface area (TPSA) is 81.5 Å². The van der Waals surface area contributed by atoms with Crippen molar-refractivity contribution in [3.05, 3.63) is 22.7 Å². The first-order valence-electron chi connectivity index (χ1n) is 3.33. The van der Waals surface area contributed by atoms with Crippen LogP contribution in [0.25, 0.3) is 0 Å². The van der Waals surface area contributed by atoms with Crippen LogP contribution in [0.5, 0.6) is 0 Å². The van der Waals surface area contributed by atoms with E-state index in [4.69, 9.17) is 27.8 Å². The van der Waals surface area contributed by atoms with Gasteiger partial charge in [0.1, 0.15) is 0 Å². The van der Waals surface area contributed by atoms with Gasteiger partial charge in [0.2, 0.25) is 0 Å². The number of methoxy groups -OCH3 is 1. The zero-order chi connectivity index (χ0) is 9.72. The lowest BCUT2D eigenvalue weighted by atomic mass is 10.1. The first-order valence-corrected chi connectivity index (χ1v) is 3.71. The molecule has 0 aliphatic carbocycles. The van der Waals surface area contributed by atoms with Crippen molar-refractivity contribution in [3.63, 3.8) is 0 Å². The summed E-state index contributed by atoms with van der Waals surface area (Å²) in [5.74, 6) is 0.105. The Labute approximate surface area is 76.4 Å². The van der Waals surface area contributed by atoms with Crippen molar-refractivity contribution < 1.29 is 9.84 Å². The molecule has 0 radical (unpaired) electrons. The average Bonchev–Trinajstić information content (AvgIpc) is 1.98. The van der Waals surface area contributed by atoms with E-state index in [-0.39, 0.29) is 11.0 Å². The lowest BCUT2D eigenvalue weighted by Crippen LogP contribution is -2.13. The highest BCUT2D eigenvalue weighted by Gasteiger charge is 2.08. The molecule has 4 nitrogen and oxygen atoms in total. The molecule has 0 fully saturated rings. The number of hydrogen-bond acceptors (Lipinski definition) is 4. The lowest BCUT2D eigenvalue weighted by Gasteiger charge is -2.09. The smallest absolute Gasteiger partial charge is 0.189 e. The molecule has 0 aromatic rings. The van der Waals surface area contributed by atoms with E-state index in [1.165, 1.54) is 20.1 Å². The molecule has 0 saturated heterocycles. The number of nitrogens with two attached hydrogens (primary N) is 2. The summed E-state index contributed by atoms with van der Waals surface area (Å²) < 4.78 is 4.71. The monoisotopic (exact) mass is 192 g/mol. The van der Waals surface area contributed by atoms with Gasteiger partial charge in [-0.1, -0.05) is 11.6 Å². The predicted octanol–water partition coefficient (Wildman–Crippen LogP) is 0.223. The minimum Gasteiger partial charge on any atom is -0.482 e. The van der Waals surface area contributed by atoms with Gasteiger partial charge < -0.3 is 21.3 Å². The highest BCUT2D eigenvalue weighted by Crippen LogP contribution is 2.10. The zero-order valence-corrected chi connectivity index (χ0v) is 7.80. The van der Waals surface area contributed by atoms with E-state index in [1.807, 2.05) is 0 Å². The van der Waals surface area contributed by atoms with Gasteiger partial charge in [0.05, 0.1) is 18.4 Å². The molecule has 0 rings (SSSR count). The van der Waals surface area contributed by atoms with Crippen molar-refractivity contribution in [2.75, 3.05) is 7.11 Å². The zero-order valence-electron chi connectivity index (χ0n) is 7.04. The fourth-order valence-corrected chi connectivity index (χ4v) is 0.782. The van der Waals surface area contributed by atoms with E-state index in [0.717, 1.165) is 0 Å². The number of aliphatic hydroxyl groups is 1. The average molecular weight is 193 g/mol. The quantitative estimate of drug-likeness (QED) is 0.340. The Balaban J connectivity index is 4.79. The lowest BCUT2D eigenvalue weighted by molar-refractivity contribution is 0.215. The van der Waals surface area contributed by atoms with Gasteiger partial charge in [-0.05, 0) is 13.0 Å². The molecule has 0 saturated carbocycles. The van der Waals surface area contributed by atoms with Crippen LogP contribution in [0.4, 0.5) is 0 Å². The third-order valence-electron chi connectivity index (χ3n) is 1.25. The van der Waals surface area contributed by atoms with Crippen molar-refractivity contribution in [3.8, 4) is 0 Å². The molecule has 0 aromatic heterocycles. The van der Waals surface area contributed by atoms with Gasteiger partial charge in [-0.15, -0.1) is 0 Å². The fourth-order valence-electron chi connectivity index (χ4n) is 0.664. The molecule has 12 heavy (non-hydrogen) atoms. The minimum absolute atomic E-state index is 0.0471. The molecule has 0 bridgehead atoms. The van der Waals surface area contributed by atoms with Crippen LogP contribution < -0.4 is 11.5 Å². The molecule has 1 atom stereocenters. The van der Waals surface area contributed by atoms with Crippen LogP contribution in [0, 0.1) is 0 Å². The van der Waals surface area contributed by atoms with Crippen LogP contribution in [0.3, 0.4) is 0 Å². The van der Waals surface area contributed by atoms with Crippen molar-refractivity contribution in [1.29, 1.82) is 0 Å². The molecular formula is C7H13ClN2O2. The maximum absolute atomic E-state index is 9.19. The van der Waals surface area contributed by atoms with E-state index in [9.17, 15) is 5.11 Å². The number of aliphatic hydroxyl groups excluding tert-OH is 1. The molecule has 0 unspecified atom stereocenters. The molecule has 0 heterocycles. The van der Waals surface area contributed by atoms with Gasteiger partial charge in [0.25, 0.3) is 0 Å². The van der Waals surface area contributed by atoms with Crippen LogP contribution in [-0.2, 0) is 4.74 Å². The Bertz CT molecular complexity index is 207. The summed E-state index contributed by atoms with van der Waals surface area (Å²) in [6, 6.07) is 0. The summed E-state index contributed by atoms with van der Waals surface area (Å²) in [7, 11) is 1.40. The van der Waals surface area contributed by atoms with E-state index in [1.54, 1.807) is 0 Å². The normalized spacial score (nSPS) is 16.8. The van der Waals surface area contributed by atoms with Gasteiger partial charge in [-0.25, -0.2) is 0 Å². The van der Waals surface area contributed by atoms with Crippen LogP contribution in [0.15, 0.2) is 22.7 Å². The Morgan fingerprint density at radius 2 is 2.08 bits per heavy atom. The Kier molecular flexibility index (Phi) is 4.54. The van der Waals surface area contributed by atoms with E-state index < -0.39 is 6.10 Å².